The third-order valence-corrected chi connectivity index (χ3v) is 5.63. The molecule has 2 atom stereocenters. The summed E-state index contributed by atoms with van der Waals surface area (Å²) in [4.78, 5) is 20.7. The molecule has 2 unspecified atom stereocenters. The Morgan fingerprint density at radius 2 is 1.03 bits per heavy atom. The molecule has 4 aromatic rings. The van der Waals surface area contributed by atoms with Gasteiger partial charge in [-0.15, -0.1) is 0 Å². The SMILES string of the molecule is CC=O.COc1ccccc1C(c1ccccc1)C(c1ccccc1)c1ccccc1OC(C)=O. The summed E-state index contributed by atoms with van der Waals surface area (Å²) in [6.45, 7) is 2.88. The van der Waals surface area contributed by atoms with Crippen LogP contribution in [0.5, 0.6) is 11.5 Å². The van der Waals surface area contributed by atoms with Crippen molar-refractivity contribution in [3.05, 3.63) is 131 Å². The van der Waals surface area contributed by atoms with Crippen LogP contribution in [0.25, 0.3) is 0 Å². The highest BCUT2D eigenvalue weighted by atomic mass is 16.5. The van der Waals surface area contributed by atoms with Crippen LogP contribution in [0.3, 0.4) is 0 Å². The van der Waals surface area contributed by atoms with Gasteiger partial charge in [0, 0.05) is 29.9 Å². The molecule has 4 heteroatoms. The molecule has 0 radical (unpaired) electrons. The second kappa shape index (κ2) is 12.9. The minimum absolute atomic E-state index is 0.0635. The summed E-state index contributed by atoms with van der Waals surface area (Å²) in [5.41, 5.74) is 4.32. The van der Waals surface area contributed by atoms with Crippen molar-refractivity contribution in [1.82, 2.24) is 0 Å². The Kier molecular flexibility index (Phi) is 9.38. The highest BCUT2D eigenvalue weighted by molar-refractivity contribution is 5.70. The third kappa shape index (κ3) is 6.45. The number of hydrogen-bond donors (Lipinski definition) is 0. The van der Waals surface area contributed by atoms with E-state index in [1.165, 1.54) is 13.8 Å². The molecule has 0 bridgehead atoms. The quantitative estimate of drug-likeness (QED) is 0.171. The molecular weight excluding hydrogens is 436 g/mol. The largest absolute Gasteiger partial charge is 0.496 e. The fourth-order valence-corrected chi connectivity index (χ4v) is 4.33. The number of carbonyl (C=O) groups excluding carboxylic acids is 2. The average molecular weight is 467 g/mol. The van der Waals surface area contributed by atoms with Crippen molar-refractivity contribution >= 4 is 12.3 Å². The van der Waals surface area contributed by atoms with Crippen molar-refractivity contribution in [3.63, 3.8) is 0 Å². The van der Waals surface area contributed by atoms with Gasteiger partial charge >= 0.3 is 5.97 Å². The second-order valence-corrected chi connectivity index (χ2v) is 7.89. The number of carbonyl (C=O) groups is 2. The standard InChI is InChI=1S/C29H26O3.C2H4O/c1-21(30)32-27-20-12-10-18-25(27)29(23-15-7-4-8-16-23)28(22-13-5-3-6-14-22)24-17-9-11-19-26(24)31-2;1-2-3/h3-20,28-29H,1-2H3;2H,1H3. The fraction of sp³-hybridized carbons (Fsp3) is 0.161. The van der Waals surface area contributed by atoms with Crippen molar-refractivity contribution < 1.29 is 19.1 Å². The lowest BCUT2D eigenvalue weighted by molar-refractivity contribution is -0.131. The monoisotopic (exact) mass is 466 g/mol. The van der Waals surface area contributed by atoms with E-state index in [9.17, 15) is 4.79 Å². The van der Waals surface area contributed by atoms with E-state index in [2.05, 4.69) is 42.5 Å². The summed E-state index contributed by atoms with van der Waals surface area (Å²) >= 11 is 0. The fourth-order valence-electron chi connectivity index (χ4n) is 4.33. The van der Waals surface area contributed by atoms with Crippen LogP contribution in [0.15, 0.2) is 109 Å². The zero-order valence-corrected chi connectivity index (χ0v) is 20.3. The zero-order valence-electron chi connectivity index (χ0n) is 20.3. The Morgan fingerprint density at radius 1 is 0.657 bits per heavy atom. The Labute approximate surface area is 207 Å². The lowest BCUT2D eigenvalue weighted by atomic mass is 9.73. The van der Waals surface area contributed by atoms with E-state index < -0.39 is 0 Å². The van der Waals surface area contributed by atoms with E-state index in [1.54, 1.807) is 7.11 Å². The predicted octanol–water partition coefficient (Wildman–Crippen LogP) is 6.79. The Bertz CT molecular complexity index is 1220. The number of esters is 1. The number of aldehydes is 1. The Balaban J connectivity index is 0.00000108. The van der Waals surface area contributed by atoms with Crippen molar-refractivity contribution in [2.24, 2.45) is 0 Å². The van der Waals surface area contributed by atoms with E-state index in [4.69, 9.17) is 14.3 Å². The molecule has 35 heavy (non-hydrogen) atoms. The van der Waals surface area contributed by atoms with Crippen LogP contribution in [0.2, 0.25) is 0 Å². The maximum atomic E-state index is 11.9. The van der Waals surface area contributed by atoms with E-state index in [-0.39, 0.29) is 17.8 Å². The van der Waals surface area contributed by atoms with Gasteiger partial charge in [0.25, 0.3) is 0 Å². The molecule has 0 aliphatic heterocycles. The third-order valence-electron chi connectivity index (χ3n) is 5.63. The molecule has 178 valence electrons. The second-order valence-electron chi connectivity index (χ2n) is 7.89. The molecule has 0 aliphatic carbocycles. The number of benzene rings is 4. The normalized spacial score (nSPS) is 11.9. The highest BCUT2D eigenvalue weighted by Crippen LogP contribution is 2.47. The summed E-state index contributed by atoms with van der Waals surface area (Å²) in [5, 5.41) is 0. The van der Waals surface area contributed by atoms with Crippen molar-refractivity contribution in [2.75, 3.05) is 7.11 Å². The van der Waals surface area contributed by atoms with Crippen molar-refractivity contribution in [1.29, 1.82) is 0 Å². The Hall–Kier alpha value is -4.18. The van der Waals surface area contributed by atoms with Gasteiger partial charge in [-0.3, -0.25) is 4.79 Å². The predicted molar refractivity (Wildman–Crippen MR) is 139 cm³/mol. The summed E-state index contributed by atoms with van der Waals surface area (Å²) in [5.74, 6) is 0.895. The van der Waals surface area contributed by atoms with Gasteiger partial charge < -0.3 is 14.3 Å². The number of hydrogen-bond acceptors (Lipinski definition) is 4. The number of para-hydroxylation sites is 2. The molecular formula is C31H30O4. The summed E-state index contributed by atoms with van der Waals surface area (Å²) in [7, 11) is 1.70. The molecule has 0 spiro atoms. The smallest absolute Gasteiger partial charge is 0.308 e. The molecule has 4 rings (SSSR count). The Morgan fingerprint density at radius 3 is 1.46 bits per heavy atom. The van der Waals surface area contributed by atoms with E-state index in [0.717, 1.165) is 34.3 Å². The van der Waals surface area contributed by atoms with Gasteiger partial charge in [-0.25, -0.2) is 0 Å². The van der Waals surface area contributed by atoms with Gasteiger partial charge in [0.1, 0.15) is 17.8 Å². The number of ether oxygens (including phenoxy) is 2. The first kappa shape index (κ1) is 25.4. The number of methoxy groups -OCH3 is 1. The van der Waals surface area contributed by atoms with E-state index in [0.29, 0.717) is 5.75 Å². The van der Waals surface area contributed by atoms with Gasteiger partial charge in [-0.2, -0.15) is 0 Å². The van der Waals surface area contributed by atoms with Gasteiger partial charge in [-0.1, -0.05) is 97.1 Å². The van der Waals surface area contributed by atoms with E-state index >= 15 is 0 Å². The first-order chi connectivity index (χ1) is 17.1. The molecule has 4 nitrogen and oxygen atoms in total. The van der Waals surface area contributed by atoms with Gasteiger partial charge in [-0.05, 0) is 30.2 Å². The minimum atomic E-state index is -0.335. The molecule has 0 aromatic heterocycles. The van der Waals surface area contributed by atoms with E-state index in [1.807, 2.05) is 66.7 Å². The average Bonchev–Trinajstić information content (AvgIpc) is 2.89. The molecule has 4 aromatic carbocycles. The molecule has 0 fully saturated rings. The lowest BCUT2D eigenvalue weighted by Gasteiger charge is -2.31. The van der Waals surface area contributed by atoms with Crippen LogP contribution in [0.1, 0.15) is 47.9 Å². The van der Waals surface area contributed by atoms with Crippen LogP contribution in [-0.4, -0.2) is 19.4 Å². The zero-order chi connectivity index (χ0) is 25.0. The van der Waals surface area contributed by atoms with Gasteiger partial charge in [0.05, 0.1) is 7.11 Å². The molecule has 0 heterocycles. The molecule has 0 saturated heterocycles. The lowest BCUT2D eigenvalue weighted by Crippen LogP contribution is -2.17. The van der Waals surface area contributed by atoms with Crippen LogP contribution in [-0.2, 0) is 9.59 Å². The maximum absolute atomic E-state index is 11.9. The molecule has 0 N–H and O–H groups in total. The van der Waals surface area contributed by atoms with Gasteiger partial charge in [0.2, 0.25) is 0 Å². The molecule has 0 aliphatic rings. The summed E-state index contributed by atoms with van der Waals surface area (Å²) in [6, 6.07) is 36.7. The van der Waals surface area contributed by atoms with Crippen LogP contribution in [0.4, 0.5) is 0 Å². The molecule has 0 saturated carbocycles. The van der Waals surface area contributed by atoms with Gasteiger partial charge in [0.15, 0.2) is 0 Å². The maximum Gasteiger partial charge on any atom is 0.308 e. The molecule has 0 amide bonds. The first-order valence-electron chi connectivity index (χ1n) is 11.5. The van der Waals surface area contributed by atoms with Crippen molar-refractivity contribution in [3.8, 4) is 11.5 Å². The summed E-state index contributed by atoms with van der Waals surface area (Å²) in [6.07, 6.45) is 0.750. The van der Waals surface area contributed by atoms with Crippen molar-refractivity contribution in [2.45, 2.75) is 25.7 Å². The van der Waals surface area contributed by atoms with Crippen LogP contribution in [0, 0.1) is 0 Å². The number of rotatable bonds is 7. The highest BCUT2D eigenvalue weighted by Gasteiger charge is 2.32. The summed E-state index contributed by atoms with van der Waals surface area (Å²) < 4.78 is 11.4. The topological polar surface area (TPSA) is 52.6 Å². The van der Waals surface area contributed by atoms with Crippen LogP contribution >= 0.6 is 0 Å². The van der Waals surface area contributed by atoms with Crippen LogP contribution < -0.4 is 9.47 Å². The first-order valence-corrected chi connectivity index (χ1v) is 11.5. The minimum Gasteiger partial charge on any atom is -0.496 e.